The van der Waals surface area contributed by atoms with Gasteiger partial charge in [-0.3, -0.25) is 4.79 Å². The zero-order chi connectivity index (χ0) is 21.6. The van der Waals surface area contributed by atoms with Crippen LogP contribution in [0.1, 0.15) is 22.0 Å². The number of aliphatic hydroxyl groups is 1. The molecule has 1 unspecified atom stereocenters. The van der Waals surface area contributed by atoms with Gasteiger partial charge in [-0.25, -0.2) is 0 Å². The molecule has 6 nitrogen and oxygen atoms in total. The molecule has 1 aromatic heterocycles. The maximum Gasteiger partial charge on any atom is 0.191 e. The van der Waals surface area contributed by atoms with Gasteiger partial charge >= 0.3 is 0 Å². The van der Waals surface area contributed by atoms with Gasteiger partial charge in [-0.2, -0.15) is 0 Å². The second-order valence-corrected chi connectivity index (χ2v) is 7.07. The molecule has 3 N–H and O–H groups in total. The first-order valence-corrected chi connectivity index (χ1v) is 10.0. The van der Waals surface area contributed by atoms with Crippen LogP contribution < -0.4 is 14.8 Å². The molecule has 0 spiro atoms. The first-order chi connectivity index (χ1) is 15.2. The van der Waals surface area contributed by atoms with Crippen LogP contribution in [0.3, 0.4) is 0 Å². The van der Waals surface area contributed by atoms with Gasteiger partial charge in [0.2, 0.25) is 0 Å². The van der Waals surface area contributed by atoms with Gasteiger partial charge in [-0.15, -0.1) is 0 Å². The number of ether oxygens (including phenoxy) is 2. The summed E-state index contributed by atoms with van der Waals surface area (Å²) >= 11 is 0. The lowest BCUT2D eigenvalue weighted by Gasteiger charge is -2.19. The van der Waals surface area contributed by atoms with E-state index < -0.39 is 6.04 Å². The molecule has 0 aliphatic heterocycles. The minimum Gasteiger partial charge on any atom is -0.497 e. The van der Waals surface area contributed by atoms with Crippen molar-refractivity contribution in [3.8, 4) is 11.5 Å². The van der Waals surface area contributed by atoms with E-state index in [2.05, 4.69) is 10.3 Å². The lowest BCUT2D eigenvalue weighted by molar-refractivity contribution is 0.0971. The number of aromatic amines is 1. The van der Waals surface area contributed by atoms with Crippen LogP contribution in [0.25, 0.3) is 10.9 Å². The van der Waals surface area contributed by atoms with Gasteiger partial charge < -0.3 is 24.9 Å². The Morgan fingerprint density at radius 3 is 2.65 bits per heavy atom. The third-order valence-corrected chi connectivity index (χ3v) is 5.05. The molecule has 0 fully saturated rings. The van der Waals surface area contributed by atoms with Gasteiger partial charge in [-0.1, -0.05) is 36.4 Å². The van der Waals surface area contributed by atoms with E-state index in [1.807, 2.05) is 66.7 Å². The second-order valence-electron chi connectivity index (χ2n) is 7.07. The molecule has 0 radical (unpaired) electrons. The Morgan fingerprint density at radius 1 is 1.03 bits per heavy atom. The first kappa shape index (κ1) is 20.5. The van der Waals surface area contributed by atoms with Crippen LogP contribution >= 0.6 is 0 Å². The number of carbonyl (C=O) groups excluding carboxylic acids is 1. The molecule has 0 amide bonds. The van der Waals surface area contributed by atoms with E-state index in [-0.39, 0.29) is 19.0 Å². The summed E-state index contributed by atoms with van der Waals surface area (Å²) in [5.41, 5.74) is 3.05. The molecule has 0 aliphatic carbocycles. The molecule has 0 saturated heterocycles. The van der Waals surface area contributed by atoms with Crippen LogP contribution in [0.15, 0.2) is 79.0 Å². The van der Waals surface area contributed by atoms with E-state index in [1.54, 1.807) is 19.4 Å². The lowest BCUT2D eigenvalue weighted by atomic mass is 9.96. The number of hydrogen-bond donors (Lipinski definition) is 3. The number of aliphatic hydroxyl groups excluding tert-OH is 1. The van der Waals surface area contributed by atoms with Gasteiger partial charge in [0.25, 0.3) is 0 Å². The number of H-pyrrole nitrogens is 1. The molecule has 3 aromatic carbocycles. The molecule has 4 rings (SSSR count). The number of fused-ring (bicyclic) bond motifs is 1. The number of aromatic nitrogens is 1. The lowest BCUT2D eigenvalue weighted by Crippen LogP contribution is -2.21. The quantitative estimate of drug-likeness (QED) is 0.348. The highest BCUT2D eigenvalue weighted by molar-refractivity contribution is 6.11. The number of ketones is 1. The van der Waals surface area contributed by atoms with Crippen LogP contribution in [-0.4, -0.2) is 36.2 Å². The van der Waals surface area contributed by atoms with Crippen LogP contribution in [0.4, 0.5) is 5.69 Å². The minimum atomic E-state index is -0.572. The van der Waals surface area contributed by atoms with Crippen LogP contribution in [0.5, 0.6) is 11.5 Å². The van der Waals surface area contributed by atoms with Gasteiger partial charge in [0, 0.05) is 40.5 Å². The topological polar surface area (TPSA) is 83.6 Å². The summed E-state index contributed by atoms with van der Waals surface area (Å²) in [4.78, 5) is 16.8. The van der Waals surface area contributed by atoms with Crippen molar-refractivity contribution >= 4 is 22.4 Å². The Kier molecular flexibility index (Phi) is 6.19. The Bertz CT molecular complexity index is 1170. The highest BCUT2D eigenvalue weighted by Gasteiger charge is 2.24. The van der Waals surface area contributed by atoms with Crippen molar-refractivity contribution in [1.29, 1.82) is 0 Å². The largest absolute Gasteiger partial charge is 0.497 e. The van der Waals surface area contributed by atoms with Crippen LogP contribution in [0, 0.1) is 0 Å². The van der Waals surface area contributed by atoms with E-state index in [9.17, 15) is 4.79 Å². The summed E-state index contributed by atoms with van der Waals surface area (Å²) in [6.45, 7) is 0.166. The summed E-state index contributed by atoms with van der Waals surface area (Å²) in [7, 11) is 1.61. The zero-order valence-electron chi connectivity index (χ0n) is 17.2. The highest BCUT2D eigenvalue weighted by atomic mass is 16.5. The van der Waals surface area contributed by atoms with Crippen molar-refractivity contribution in [2.24, 2.45) is 0 Å². The third-order valence-electron chi connectivity index (χ3n) is 5.05. The summed E-state index contributed by atoms with van der Waals surface area (Å²) in [6, 6.07) is 22.1. The summed E-state index contributed by atoms with van der Waals surface area (Å²) in [5.74, 6) is 1.30. The normalized spacial score (nSPS) is 11.8. The van der Waals surface area contributed by atoms with Crippen molar-refractivity contribution in [1.82, 2.24) is 4.98 Å². The maximum atomic E-state index is 13.7. The standard InChI is InChI=1S/C25H24N2O4/c1-30-19-9-5-8-18(14-19)27-24(17-6-3-2-4-7-17)25(29)22-16-26-23-15-20(31-13-12-28)10-11-21(22)23/h2-11,14-16,24,26-28H,12-13H2,1H3. The third kappa shape index (κ3) is 4.54. The van der Waals surface area contributed by atoms with E-state index >= 15 is 0 Å². The molecule has 31 heavy (non-hydrogen) atoms. The number of benzene rings is 3. The highest BCUT2D eigenvalue weighted by Crippen LogP contribution is 2.30. The fourth-order valence-corrected chi connectivity index (χ4v) is 3.54. The SMILES string of the molecule is COc1cccc(NC(C(=O)c2c[nH]c3cc(OCCO)ccc23)c2ccccc2)c1. The second kappa shape index (κ2) is 9.36. The van der Waals surface area contributed by atoms with Crippen LogP contribution in [0.2, 0.25) is 0 Å². The number of nitrogens with one attached hydrogen (secondary N) is 2. The van der Waals surface area contributed by atoms with E-state index in [4.69, 9.17) is 14.6 Å². The van der Waals surface area contributed by atoms with Crippen molar-refractivity contribution < 1.29 is 19.4 Å². The number of methoxy groups -OCH3 is 1. The van der Waals surface area contributed by atoms with Crippen molar-refractivity contribution in [2.75, 3.05) is 25.6 Å². The minimum absolute atomic E-state index is 0.0516. The molecule has 4 aromatic rings. The smallest absolute Gasteiger partial charge is 0.191 e. The summed E-state index contributed by atoms with van der Waals surface area (Å²) in [5, 5.41) is 13.1. The number of anilines is 1. The predicted octanol–water partition coefficient (Wildman–Crippen LogP) is 4.58. The Hall–Kier alpha value is -3.77. The van der Waals surface area contributed by atoms with Gasteiger partial charge in [0.15, 0.2) is 5.78 Å². The molecule has 1 atom stereocenters. The fourth-order valence-electron chi connectivity index (χ4n) is 3.54. The van der Waals surface area contributed by atoms with E-state index in [0.29, 0.717) is 17.1 Å². The first-order valence-electron chi connectivity index (χ1n) is 10.0. The molecular formula is C25H24N2O4. The number of rotatable bonds is 9. The molecule has 0 saturated carbocycles. The Labute approximate surface area is 180 Å². The van der Waals surface area contributed by atoms with Crippen molar-refractivity contribution in [3.05, 3.63) is 90.1 Å². The fraction of sp³-hybridized carbons (Fsp3) is 0.160. The Morgan fingerprint density at radius 2 is 1.87 bits per heavy atom. The number of carbonyl (C=O) groups is 1. The van der Waals surface area contributed by atoms with Crippen LogP contribution in [-0.2, 0) is 0 Å². The van der Waals surface area contributed by atoms with Gasteiger partial charge in [0.05, 0.1) is 13.7 Å². The van der Waals surface area contributed by atoms with Crippen molar-refractivity contribution in [3.63, 3.8) is 0 Å². The number of Topliss-reactive ketones (excluding diaryl/α,β-unsaturated/α-hetero) is 1. The maximum absolute atomic E-state index is 13.7. The van der Waals surface area contributed by atoms with Gasteiger partial charge in [0.1, 0.15) is 24.1 Å². The molecule has 158 valence electrons. The molecule has 6 heteroatoms. The van der Waals surface area contributed by atoms with E-state index in [0.717, 1.165) is 22.2 Å². The summed E-state index contributed by atoms with van der Waals surface area (Å²) in [6.07, 6.45) is 1.73. The average molecular weight is 416 g/mol. The molecular weight excluding hydrogens is 392 g/mol. The number of hydrogen-bond acceptors (Lipinski definition) is 5. The van der Waals surface area contributed by atoms with E-state index in [1.165, 1.54) is 0 Å². The molecule has 1 heterocycles. The zero-order valence-corrected chi connectivity index (χ0v) is 17.2. The molecule has 0 bridgehead atoms. The van der Waals surface area contributed by atoms with Crippen molar-refractivity contribution in [2.45, 2.75) is 6.04 Å². The average Bonchev–Trinajstić information content (AvgIpc) is 3.25. The Balaban J connectivity index is 1.69. The molecule has 0 aliphatic rings. The predicted molar refractivity (Wildman–Crippen MR) is 121 cm³/mol. The monoisotopic (exact) mass is 416 g/mol. The van der Waals surface area contributed by atoms with Gasteiger partial charge in [-0.05, 0) is 29.8 Å². The summed E-state index contributed by atoms with van der Waals surface area (Å²) < 4.78 is 10.8.